The molecule has 1 amide bonds. The second-order valence-corrected chi connectivity index (χ2v) is 3.47. The average molecular weight is 196 g/mol. The van der Waals surface area contributed by atoms with Crippen LogP contribution in [0.2, 0.25) is 0 Å². The number of nitrogens with zero attached hydrogens (tertiary/aromatic N) is 1. The largest absolute Gasteiger partial charge is 0.339 e. The Balaban J connectivity index is 2.42. The van der Waals surface area contributed by atoms with Gasteiger partial charge in [-0.25, -0.2) is 0 Å². The topological polar surface area (TPSA) is 63.4 Å². The molecule has 1 fully saturated rings. The molecule has 0 saturated carbocycles. The van der Waals surface area contributed by atoms with Crippen molar-refractivity contribution in [1.82, 2.24) is 4.90 Å². The minimum absolute atomic E-state index is 0.0499. The fraction of sp³-hybridized carbons (Fsp3) is 0.600. The van der Waals surface area contributed by atoms with Crippen molar-refractivity contribution in [1.29, 1.82) is 0 Å². The van der Waals surface area contributed by atoms with Gasteiger partial charge in [-0.05, 0) is 18.9 Å². The Hall–Kier alpha value is -1.16. The van der Waals surface area contributed by atoms with Crippen LogP contribution < -0.4 is 5.73 Å². The summed E-state index contributed by atoms with van der Waals surface area (Å²) in [5, 5.41) is 0. The Morgan fingerprint density at radius 2 is 2.00 bits per heavy atom. The molecule has 4 nitrogen and oxygen atoms in total. The lowest BCUT2D eigenvalue weighted by Gasteiger charge is -2.30. The minimum Gasteiger partial charge on any atom is -0.339 e. The Morgan fingerprint density at radius 1 is 1.43 bits per heavy atom. The van der Waals surface area contributed by atoms with Gasteiger partial charge in [-0.15, -0.1) is 0 Å². The lowest BCUT2D eigenvalue weighted by atomic mass is 9.92. The van der Waals surface area contributed by atoms with E-state index < -0.39 is 0 Å². The number of piperidine rings is 1. The summed E-state index contributed by atoms with van der Waals surface area (Å²) in [7, 11) is 0. The third kappa shape index (κ3) is 2.42. The van der Waals surface area contributed by atoms with Gasteiger partial charge in [0.2, 0.25) is 5.91 Å². The highest BCUT2D eigenvalue weighted by molar-refractivity contribution is 5.87. The van der Waals surface area contributed by atoms with Crippen LogP contribution in [0.15, 0.2) is 12.7 Å². The number of amides is 1. The molecule has 0 aromatic rings. The number of nitrogens with two attached hydrogens (primary N) is 1. The third-order valence-electron chi connectivity index (χ3n) is 2.64. The molecule has 1 aliphatic rings. The molecule has 0 aromatic heterocycles. The first kappa shape index (κ1) is 10.9. The second kappa shape index (κ2) is 4.91. The molecule has 78 valence electrons. The minimum atomic E-state index is -0.0522. The van der Waals surface area contributed by atoms with Crippen LogP contribution in [-0.2, 0) is 9.59 Å². The van der Waals surface area contributed by atoms with Crippen molar-refractivity contribution in [3.8, 4) is 0 Å². The van der Waals surface area contributed by atoms with E-state index in [-0.39, 0.29) is 24.2 Å². The lowest BCUT2D eigenvalue weighted by Crippen LogP contribution is -2.40. The fourth-order valence-electron chi connectivity index (χ4n) is 1.72. The highest BCUT2D eigenvalue weighted by Gasteiger charge is 2.25. The third-order valence-corrected chi connectivity index (χ3v) is 2.64. The van der Waals surface area contributed by atoms with E-state index in [0.29, 0.717) is 13.1 Å². The molecular formula is C10H16N2O2. The average Bonchev–Trinajstić information content (AvgIpc) is 2.27. The molecule has 0 bridgehead atoms. The van der Waals surface area contributed by atoms with E-state index in [1.807, 2.05) is 0 Å². The van der Waals surface area contributed by atoms with Crippen LogP contribution in [0.25, 0.3) is 0 Å². The van der Waals surface area contributed by atoms with E-state index in [1.54, 1.807) is 4.90 Å². The molecule has 14 heavy (non-hydrogen) atoms. The summed E-state index contributed by atoms with van der Waals surface area (Å²) in [6.07, 6.45) is 2.77. The quantitative estimate of drug-likeness (QED) is 0.643. The van der Waals surface area contributed by atoms with Gasteiger partial charge < -0.3 is 10.6 Å². The van der Waals surface area contributed by atoms with Crippen LogP contribution in [-0.4, -0.2) is 36.2 Å². The molecule has 0 radical (unpaired) electrons. The predicted octanol–water partition coefficient (Wildman–Crippen LogP) is -0.0612. The van der Waals surface area contributed by atoms with Crippen LogP contribution in [0, 0.1) is 5.92 Å². The van der Waals surface area contributed by atoms with Crippen molar-refractivity contribution < 1.29 is 9.59 Å². The molecule has 0 atom stereocenters. The summed E-state index contributed by atoms with van der Waals surface area (Å²) in [6.45, 7) is 4.82. The molecule has 2 N–H and O–H groups in total. The van der Waals surface area contributed by atoms with Gasteiger partial charge in [0, 0.05) is 19.0 Å². The van der Waals surface area contributed by atoms with Crippen LogP contribution in [0.3, 0.4) is 0 Å². The molecule has 1 aliphatic heterocycles. The number of carbonyl (C=O) groups excluding carboxylic acids is 2. The van der Waals surface area contributed by atoms with E-state index in [4.69, 9.17) is 5.73 Å². The molecule has 4 heteroatoms. The van der Waals surface area contributed by atoms with E-state index in [0.717, 1.165) is 12.8 Å². The fourth-order valence-corrected chi connectivity index (χ4v) is 1.72. The normalized spacial score (nSPS) is 17.9. The second-order valence-electron chi connectivity index (χ2n) is 3.47. The van der Waals surface area contributed by atoms with Crippen molar-refractivity contribution in [3.63, 3.8) is 0 Å². The summed E-state index contributed by atoms with van der Waals surface area (Å²) in [6, 6.07) is 0. The summed E-state index contributed by atoms with van der Waals surface area (Å²) < 4.78 is 0. The van der Waals surface area contributed by atoms with Crippen LogP contribution >= 0.6 is 0 Å². The maximum absolute atomic E-state index is 11.3. The molecule has 0 aliphatic carbocycles. The van der Waals surface area contributed by atoms with Gasteiger partial charge in [-0.1, -0.05) is 6.58 Å². The first-order chi connectivity index (χ1) is 6.69. The summed E-state index contributed by atoms with van der Waals surface area (Å²) >= 11 is 0. The van der Waals surface area contributed by atoms with Gasteiger partial charge >= 0.3 is 0 Å². The molecule has 1 rings (SSSR count). The summed E-state index contributed by atoms with van der Waals surface area (Å²) in [5.41, 5.74) is 5.28. The van der Waals surface area contributed by atoms with Crippen LogP contribution in [0.1, 0.15) is 12.8 Å². The number of rotatable bonds is 3. The Labute approximate surface area is 83.8 Å². The summed E-state index contributed by atoms with van der Waals surface area (Å²) in [5.74, 6) is 0.105. The van der Waals surface area contributed by atoms with E-state index in [2.05, 4.69) is 6.58 Å². The van der Waals surface area contributed by atoms with Crippen molar-refractivity contribution >= 4 is 11.7 Å². The number of carbonyl (C=O) groups is 2. The highest BCUT2D eigenvalue weighted by Crippen LogP contribution is 2.17. The van der Waals surface area contributed by atoms with Crippen molar-refractivity contribution in [3.05, 3.63) is 12.7 Å². The maximum atomic E-state index is 11.3. The van der Waals surface area contributed by atoms with Gasteiger partial charge in [0.15, 0.2) is 0 Å². The van der Waals surface area contributed by atoms with E-state index in [9.17, 15) is 9.59 Å². The number of hydrogen-bond acceptors (Lipinski definition) is 3. The van der Waals surface area contributed by atoms with Gasteiger partial charge in [-0.2, -0.15) is 0 Å². The molecule has 1 saturated heterocycles. The number of hydrogen-bond donors (Lipinski definition) is 1. The molecular weight excluding hydrogens is 180 g/mol. The summed E-state index contributed by atoms with van der Waals surface area (Å²) in [4.78, 5) is 24.2. The van der Waals surface area contributed by atoms with Crippen molar-refractivity contribution in [2.45, 2.75) is 12.8 Å². The zero-order valence-corrected chi connectivity index (χ0v) is 8.24. The lowest BCUT2D eigenvalue weighted by molar-refractivity contribution is -0.130. The predicted molar refractivity (Wildman–Crippen MR) is 53.6 cm³/mol. The maximum Gasteiger partial charge on any atom is 0.245 e. The first-order valence-electron chi connectivity index (χ1n) is 4.83. The SMILES string of the molecule is C=CC(=O)N1CCC(C(=O)CN)CC1. The zero-order chi connectivity index (χ0) is 10.6. The number of Topliss-reactive ketones (excluding diaryl/α,β-unsaturated/α-hetero) is 1. The number of ketones is 1. The molecule has 0 unspecified atom stereocenters. The van der Waals surface area contributed by atoms with Gasteiger partial charge in [0.25, 0.3) is 0 Å². The van der Waals surface area contributed by atoms with Crippen LogP contribution in [0.5, 0.6) is 0 Å². The standard InChI is InChI=1S/C10H16N2O2/c1-2-10(14)12-5-3-8(4-6-12)9(13)7-11/h2,8H,1,3-7,11H2. The van der Waals surface area contributed by atoms with E-state index >= 15 is 0 Å². The molecule has 0 spiro atoms. The molecule has 0 aromatic carbocycles. The molecule has 1 heterocycles. The van der Waals surface area contributed by atoms with Crippen molar-refractivity contribution in [2.24, 2.45) is 11.7 Å². The smallest absolute Gasteiger partial charge is 0.245 e. The first-order valence-corrected chi connectivity index (χ1v) is 4.83. The number of likely N-dealkylation sites (tertiary alicyclic amines) is 1. The van der Waals surface area contributed by atoms with Gasteiger partial charge in [-0.3, -0.25) is 9.59 Å². The van der Waals surface area contributed by atoms with Crippen molar-refractivity contribution in [2.75, 3.05) is 19.6 Å². The Bertz CT molecular complexity index is 243. The zero-order valence-electron chi connectivity index (χ0n) is 8.24. The van der Waals surface area contributed by atoms with Crippen LogP contribution in [0.4, 0.5) is 0 Å². The van der Waals surface area contributed by atoms with Gasteiger partial charge in [0.05, 0.1) is 6.54 Å². The highest BCUT2D eigenvalue weighted by atomic mass is 16.2. The monoisotopic (exact) mass is 196 g/mol. The Morgan fingerprint density at radius 3 is 2.43 bits per heavy atom. The van der Waals surface area contributed by atoms with Gasteiger partial charge in [0.1, 0.15) is 5.78 Å². The Kier molecular flexibility index (Phi) is 3.83. The van der Waals surface area contributed by atoms with E-state index in [1.165, 1.54) is 6.08 Å².